The van der Waals surface area contributed by atoms with Gasteiger partial charge in [-0.15, -0.1) is 0 Å². The second-order valence-electron chi connectivity index (χ2n) is 4.41. The number of ether oxygens (including phenoxy) is 1. The molecule has 0 fully saturated rings. The SMILES string of the molecule is CCC(C)N(CCOC)c1nc(C)c(C(C)=O)s1. The number of aryl methyl sites for hydroxylation is 1. The van der Waals surface area contributed by atoms with Gasteiger partial charge in [0.2, 0.25) is 0 Å². The fraction of sp³-hybridized carbons (Fsp3) is 0.692. The molecule has 0 aliphatic rings. The van der Waals surface area contributed by atoms with Crippen molar-refractivity contribution in [3.63, 3.8) is 0 Å². The number of hydrogen-bond acceptors (Lipinski definition) is 5. The molecule has 1 aromatic heterocycles. The Morgan fingerprint density at radius 2 is 2.22 bits per heavy atom. The van der Waals surface area contributed by atoms with E-state index in [4.69, 9.17) is 4.74 Å². The molecule has 0 aromatic carbocycles. The van der Waals surface area contributed by atoms with E-state index in [0.717, 1.165) is 28.7 Å². The lowest BCUT2D eigenvalue weighted by Gasteiger charge is -2.27. The second kappa shape index (κ2) is 6.85. The van der Waals surface area contributed by atoms with Crippen LogP contribution in [0.1, 0.15) is 42.6 Å². The summed E-state index contributed by atoms with van der Waals surface area (Å²) in [5.41, 5.74) is 0.827. The molecule has 1 atom stereocenters. The molecular weight excluding hydrogens is 248 g/mol. The van der Waals surface area contributed by atoms with Crippen molar-refractivity contribution in [3.05, 3.63) is 10.6 Å². The number of ketones is 1. The molecule has 0 N–H and O–H groups in total. The van der Waals surface area contributed by atoms with Crippen molar-refractivity contribution in [2.24, 2.45) is 0 Å². The molecule has 0 amide bonds. The largest absolute Gasteiger partial charge is 0.383 e. The van der Waals surface area contributed by atoms with Crippen LogP contribution in [0.2, 0.25) is 0 Å². The molecule has 1 aromatic rings. The number of methoxy groups -OCH3 is 1. The maximum absolute atomic E-state index is 11.5. The quantitative estimate of drug-likeness (QED) is 0.714. The van der Waals surface area contributed by atoms with Crippen molar-refractivity contribution in [2.45, 2.75) is 40.2 Å². The van der Waals surface area contributed by atoms with E-state index in [1.165, 1.54) is 11.3 Å². The number of carbonyl (C=O) groups excluding carboxylic acids is 1. The second-order valence-corrected chi connectivity index (χ2v) is 5.39. The normalized spacial score (nSPS) is 12.5. The fourth-order valence-corrected chi connectivity index (χ4v) is 2.84. The molecule has 1 unspecified atom stereocenters. The molecule has 0 saturated heterocycles. The number of aromatic nitrogens is 1. The molecule has 18 heavy (non-hydrogen) atoms. The molecular formula is C13H22N2O2S. The summed E-state index contributed by atoms with van der Waals surface area (Å²) < 4.78 is 5.14. The topological polar surface area (TPSA) is 42.4 Å². The zero-order chi connectivity index (χ0) is 13.7. The Balaban J connectivity index is 2.97. The number of rotatable bonds is 7. The Morgan fingerprint density at radius 1 is 1.56 bits per heavy atom. The third-order valence-electron chi connectivity index (χ3n) is 3.01. The lowest BCUT2D eigenvalue weighted by Crippen LogP contribution is -2.35. The molecule has 0 bridgehead atoms. The Kier molecular flexibility index (Phi) is 5.75. The molecule has 0 aliphatic heterocycles. The van der Waals surface area contributed by atoms with E-state index in [1.54, 1.807) is 14.0 Å². The maximum atomic E-state index is 11.5. The third-order valence-corrected chi connectivity index (χ3v) is 4.31. The van der Waals surface area contributed by atoms with Crippen LogP contribution in [0.5, 0.6) is 0 Å². The first-order valence-electron chi connectivity index (χ1n) is 6.25. The predicted octanol–water partition coefficient (Wildman–Crippen LogP) is 2.91. The van der Waals surface area contributed by atoms with Crippen LogP contribution in [0, 0.1) is 6.92 Å². The Hall–Kier alpha value is -0.940. The van der Waals surface area contributed by atoms with Crippen molar-refractivity contribution >= 4 is 22.3 Å². The van der Waals surface area contributed by atoms with Crippen LogP contribution in [0.3, 0.4) is 0 Å². The van der Waals surface area contributed by atoms with Crippen molar-refractivity contribution in [3.8, 4) is 0 Å². The average Bonchev–Trinajstić information content (AvgIpc) is 2.71. The first-order chi connectivity index (χ1) is 8.51. The summed E-state index contributed by atoms with van der Waals surface area (Å²) in [4.78, 5) is 19.0. The van der Waals surface area contributed by atoms with Gasteiger partial charge in [-0.3, -0.25) is 4.79 Å². The van der Waals surface area contributed by atoms with Gasteiger partial charge in [0.05, 0.1) is 17.2 Å². The number of thiazole rings is 1. The van der Waals surface area contributed by atoms with Gasteiger partial charge in [0, 0.05) is 26.6 Å². The van der Waals surface area contributed by atoms with Gasteiger partial charge in [-0.2, -0.15) is 0 Å². The molecule has 4 nitrogen and oxygen atoms in total. The van der Waals surface area contributed by atoms with Crippen LogP contribution < -0.4 is 4.90 Å². The van der Waals surface area contributed by atoms with Crippen molar-refractivity contribution in [1.29, 1.82) is 0 Å². The van der Waals surface area contributed by atoms with Crippen LogP contribution in [0.15, 0.2) is 0 Å². The van der Waals surface area contributed by atoms with Crippen molar-refractivity contribution in [1.82, 2.24) is 4.98 Å². The summed E-state index contributed by atoms with van der Waals surface area (Å²) in [6, 6.07) is 0.394. The zero-order valence-electron chi connectivity index (χ0n) is 11.8. The molecule has 0 saturated carbocycles. The molecule has 1 heterocycles. The summed E-state index contributed by atoms with van der Waals surface area (Å²) >= 11 is 1.48. The van der Waals surface area contributed by atoms with Gasteiger partial charge in [-0.05, 0) is 20.3 Å². The van der Waals surface area contributed by atoms with E-state index >= 15 is 0 Å². The summed E-state index contributed by atoms with van der Waals surface area (Å²) in [5.74, 6) is 0.0899. The first-order valence-corrected chi connectivity index (χ1v) is 7.06. The van der Waals surface area contributed by atoms with Crippen LogP contribution in [-0.4, -0.2) is 37.1 Å². The summed E-state index contributed by atoms with van der Waals surface area (Å²) in [7, 11) is 1.70. The Labute approximate surface area is 113 Å². The van der Waals surface area contributed by atoms with E-state index in [9.17, 15) is 4.79 Å². The van der Waals surface area contributed by atoms with E-state index in [-0.39, 0.29) is 5.78 Å². The number of hydrogen-bond donors (Lipinski definition) is 0. The number of carbonyl (C=O) groups is 1. The van der Waals surface area contributed by atoms with Gasteiger partial charge >= 0.3 is 0 Å². The predicted molar refractivity (Wildman–Crippen MR) is 75.8 cm³/mol. The lowest BCUT2D eigenvalue weighted by atomic mass is 10.2. The molecule has 5 heteroatoms. The number of Topliss-reactive ketones (excluding diaryl/α,β-unsaturated/α-hetero) is 1. The molecule has 0 aliphatic carbocycles. The highest BCUT2D eigenvalue weighted by atomic mass is 32.1. The van der Waals surface area contributed by atoms with Gasteiger partial charge in [-0.1, -0.05) is 18.3 Å². The van der Waals surface area contributed by atoms with Crippen LogP contribution >= 0.6 is 11.3 Å². The average molecular weight is 270 g/mol. The smallest absolute Gasteiger partial charge is 0.186 e. The molecule has 1 rings (SSSR count). The minimum absolute atomic E-state index is 0.0899. The standard InChI is InChI=1S/C13H22N2O2S/c1-6-9(2)15(7-8-17-5)13-14-10(3)12(18-13)11(4)16/h9H,6-8H2,1-5H3. The third kappa shape index (κ3) is 3.53. The van der Waals surface area contributed by atoms with Gasteiger partial charge in [0.1, 0.15) is 0 Å². The highest BCUT2D eigenvalue weighted by molar-refractivity contribution is 7.17. The molecule has 0 spiro atoms. The monoisotopic (exact) mass is 270 g/mol. The summed E-state index contributed by atoms with van der Waals surface area (Å²) in [6.45, 7) is 9.26. The van der Waals surface area contributed by atoms with E-state index < -0.39 is 0 Å². The van der Waals surface area contributed by atoms with Gasteiger partial charge in [0.15, 0.2) is 10.9 Å². The number of anilines is 1. The summed E-state index contributed by atoms with van der Waals surface area (Å²) in [5, 5.41) is 0.920. The van der Waals surface area contributed by atoms with Gasteiger partial charge < -0.3 is 9.64 Å². The van der Waals surface area contributed by atoms with Crippen LogP contribution in [0.4, 0.5) is 5.13 Å². The van der Waals surface area contributed by atoms with Crippen molar-refractivity contribution in [2.75, 3.05) is 25.2 Å². The van der Waals surface area contributed by atoms with E-state index in [2.05, 4.69) is 23.7 Å². The zero-order valence-corrected chi connectivity index (χ0v) is 12.6. The first kappa shape index (κ1) is 15.1. The van der Waals surface area contributed by atoms with Crippen molar-refractivity contribution < 1.29 is 9.53 Å². The molecule has 102 valence electrons. The maximum Gasteiger partial charge on any atom is 0.186 e. The summed E-state index contributed by atoms with van der Waals surface area (Å²) in [6.07, 6.45) is 1.04. The Morgan fingerprint density at radius 3 is 2.67 bits per heavy atom. The van der Waals surface area contributed by atoms with Crippen LogP contribution in [-0.2, 0) is 4.74 Å². The fourth-order valence-electron chi connectivity index (χ4n) is 1.75. The number of nitrogens with zero attached hydrogens (tertiary/aromatic N) is 2. The van der Waals surface area contributed by atoms with E-state index in [0.29, 0.717) is 12.6 Å². The Bertz CT molecular complexity index is 404. The highest BCUT2D eigenvalue weighted by Crippen LogP contribution is 2.28. The lowest BCUT2D eigenvalue weighted by molar-refractivity contribution is 0.102. The van der Waals surface area contributed by atoms with Gasteiger partial charge in [-0.25, -0.2) is 4.98 Å². The van der Waals surface area contributed by atoms with E-state index in [1.807, 2.05) is 6.92 Å². The minimum Gasteiger partial charge on any atom is -0.383 e. The highest BCUT2D eigenvalue weighted by Gasteiger charge is 2.19. The minimum atomic E-state index is 0.0899. The van der Waals surface area contributed by atoms with Gasteiger partial charge in [0.25, 0.3) is 0 Å². The molecule has 0 radical (unpaired) electrons. The van der Waals surface area contributed by atoms with Crippen LogP contribution in [0.25, 0.3) is 0 Å².